The Labute approximate surface area is 225 Å². The quantitative estimate of drug-likeness (QED) is 0.197. The summed E-state index contributed by atoms with van der Waals surface area (Å²) in [6.45, 7) is 3.68. The van der Waals surface area contributed by atoms with E-state index >= 15 is 0 Å². The minimum Gasteiger partial charge on any atom is -0.508 e. The predicted molar refractivity (Wildman–Crippen MR) is 129 cm³/mol. The number of ether oxygens (including phenoxy) is 6. The van der Waals surface area contributed by atoms with Crippen LogP contribution in [-0.4, -0.2) is 105 Å². The minimum absolute atomic E-state index is 0.0194. The summed E-state index contributed by atoms with van der Waals surface area (Å²) >= 11 is 0. The van der Waals surface area contributed by atoms with E-state index < -0.39 is 72.0 Å². The Morgan fingerprint density at radius 3 is 2.54 bits per heavy atom. The number of aliphatic hydroxyl groups excluding tert-OH is 4. The molecule has 0 radical (unpaired) electrons. The second-order valence-corrected chi connectivity index (χ2v) is 11.6. The van der Waals surface area contributed by atoms with E-state index in [1.54, 1.807) is 0 Å². The van der Waals surface area contributed by atoms with Crippen molar-refractivity contribution in [3.8, 4) is 5.75 Å². The van der Waals surface area contributed by atoms with Gasteiger partial charge in [-0.25, -0.2) is 4.79 Å². The van der Waals surface area contributed by atoms with Crippen LogP contribution in [0.15, 0.2) is 24.3 Å². The van der Waals surface area contributed by atoms with Crippen LogP contribution in [0.1, 0.15) is 49.9 Å². The van der Waals surface area contributed by atoms with E-state index in [-0.39, 0.29) is 23.8 Å². The van der Waals surface area contributed by atoms with Gasteiger partial charge in [0.15, 0.2) is 18.4 Å². The van der Waals surface area contributed by atoms with Crippen LogP contribution >= 0.6 is 0 Å². The number of unbranched alkanes of at least 4 members (excludes halogenated alkanes) is 1. The van der Waals surface area contributed by atoms with Crippen molar-refractivity contribution in [1.82, 2.24) is 0 Å². The molecule has 3 aliphatic carbocycles. The fraction of sp³-hybridized carbons (Fsp3) is 0.741. The molecule has 0 amide bonds. The summed E-state index contributed by atoms with van der Waals surface area (Å²) in [5, 5.41) is 50.6. The van der Waals surface area contributed by atoms with Crippen LogP contribution in [0.25, 0.3) is 0 Å². The molecule has 6 bridgehead atoms. The molecule has 7 fully saturated rings. The van der Waals surface area contributed by atoms with E-state index in [9.17, 15) is 30.3 Å². The molecule has 4 saturated heterocycles. The zero-order valence-corrected chi connectivity index (χ0v) is 21.9. The molecule has 11 atom stereocenters. The fourth-order valence-electron chi connectivity index (χ4n) is 7.44. The highest BCUT2D eigenvalue weighted by atomic mass is 16.8. The molecular formula is C27H36O12. The van der Waals surface area contributed by atoms with Crippen molar-refractivity contribution >= 4 is 5.97 Å². The van der Waals surface area contributed by atoms with Crippen LogP contribution < -0.4 is 0 Å². The third-order valence-corrected chi connectivity index (χ3v) is 9.48. The Morgan fingerprint density at radius 2 is 1.85 bits per heavy atom. The molecule has 0 spiro atoms. The molecule has 1 aromatic rings. The first-order chi connectivity index (χ1) is 18.6. The average molecular weight is 553 g/mol. The number of phenolic OH excluding ortho intramolecular Hbond substituents is 1. The number of aliphatic hydroxyl groups is 4. The highest BCUT2D eigenvalue weighted by Gasteiger charge is 2.95. The lowest BCUT2D eigenvalue weighted by atomic mass is 9.41. The number of hydrogen-bond donors (Lipinski definition) is 5. The van der Waals surface area contributed by atoms with Crippen LogP contribution in [0.3, 0.4) is 0 Å². The van der Waals surface area contributed by atoms with Gasteiger partial charge in [0, 0.05) is 12.3 Å². The fourth-order valence-corrected chi connectivity index (χ4v) is 7.44. The lowest BCUT2D eigenvalue weighted by Crippen LogP contribution is -2.81. The van der Waals surface area contributed by atoms with Gasteiger partial charge in [-0.15, -0.1) is 0 Å². The summed E-state index contributed by atoms with van der Waals surface area (Å²) in [5.74, 6) is -1.81. The molecule has 1 aromatic carbocycles. The van der Waals surface area contributed by atoms with Gasteiger partial charge in [-0.1, -0.05) is 13.3 Å². The molecule has 12 heteroatoms. The Bertz CT molecular complexity index is 1100. The van der Waals surface area contributed by atoms with Gasteiger partial charge in [0.2, 0.25) is 0 Å². The number of benzene rings is 1. The predicted octanol–water partition coefficient (Wildman–Crippen LogP) is 0.172. The van der Waals surface area contributed by atoms with Gasteiger partial charge in [-0.3, -0.25) is 0 Å². The molecule has 3 saturated carbocycles. The summed E-state index contributed by atoms with van der Waals surface area (Å²) in [7, 11) is 0. The number of carbonyl (C=O) groups excluding carboxylic acids is 1. The first-order valence-corrected chi connectivity index (χ1v) is 13.5. The second-order valence-electron chi connectivity index (χ2n) is 11.6. The molecular weight excluding hydrogens is 516 g/mol. The van der Waals surface area contributed by atoms with Crippen LogP contribution in [0, 0.1) is 11.3 Å². The van der Waals surface area contributed by atoms with E-state index in [4.69, 9.17) is 28.4 Å². The van der Waals surface area contributed by atoms with Crippen LogP contribution in [-0.2, 0) is 28.4 Å². The summed E-state index contributed by atoms with van der Waals surface area (Å²) in [6.07, 6.45) is -5.63. The maximum absolute atomic E-state index is 13.0. The third kappa shape index (κ3) is 3.60. The molecule has 12 nitrogen and oxygen atoms in total. The largest absolute Gasteiger partial charge is 0.508 e. The maximum atomic E-state index is 13.0. The van der Waals surface area contributed by atoms with Gasteiger partial charge >= 0.3 is 5.97 Å². The second kappa shape index (κ2) is 9.33. The topological polar surface area (TPSA) is 174 Å². The molecule has 4 aliphatic heterocycles. The number of carbonyl (C=O) groups is 1. The summed E-state index contributed by atoms with van der Waals surface area (Å²) in [5.41, 5.74) is -2.91. The molecule has 4 heterocycles. The standard InChI is InChI=1S/C27H36O12/c1-3-4-9-35-26-12-24(2)27(37-22-20(32)19(31)18(30)16(11-28)36-22)10-17(26)25(27,23(38-24)39-26)13-34-21(33)14-5-7-15(29)8-6-14/h5-8,16-20,22-23,28-32H,3-4,9-13H2,1-2H3/t16-,17-,18-,19+,20-,22+,23-,24+,25+,26-,27-/m1/s1. The van der Waals surface area contributed by atoms with Gasteiger partial charge in [0.1, 0.15) is 48.0 Å². The summed E-state index contributed by atoms with van der Waals surface area (Å²) in [4.78, 5) is 13.0. The van der Waals surface area contributed by atoms with E-state index in [0.29, 0.717) is 19.4 Å². The van der Waals surface area contributed by atoms with E-state index in [0.717, 1.165) is 12.8 Å². The summed E-state index contributed by atoms with van der Waals surface area (Å²) in [6, 6.07) is 5.70. The van der Waals surface area contributed by atoms with E-state index in [1.807, 2.05) is 6.92 Å². The third-order valence-electron chi connectivity index (χ3n) is 9.48. The van der Waals surface area contributed by atoms with Gasteiger partial charge in [0.05, 0.1) is 24.2 Å². The van der Waals surface area contributed by atoms with Gasteiger partial charge in [-0.2, -0.15) is 0 Å². The van der Waals surface area contributed by atoms with Crippen LogP contribution in [0.5, 0.6) is 5.75 Å². The van der Waals surface area contributed by atoms with Crippen molar-refractivity contribution in [3.05, 3.63) is 29.8 Å². The normalized spacial score (nSPS) is 47.3. The zero-order chi connectivity index (χ0) is 27.8. The molecule has 0 unspecified atom stereocenters. The van der Waals surface area contributed by atoms with Crippen molar-refractivity contribution in [1.29, 1.82) is 0 Å². The lowest BCUT2D eigenvalue weighted by Gasteiger charge is -2.68. The number of phenols is 1. The van der Waals surface area contributed by atoms with Crippen molar-refractivity contribution in [2.45, 2.75) is 93.5 Å². The molecule has 0 aromatic heterocycles. The monoisotopic (exact) mass is 552 g/mol. The smallest absolute Gasteiger partial charge is 0.338 e. The highest BCUT2D eigenvalue weighted by molar-refractivity contribution is 5.89. The SMILES string of the molecule is CCCCO[C@]12C[C@]3(C)O[C@H](O1)[C@]1(COC(=O)c4ccc(O)cc4)[C@H]2C[C@]13O[C@@H]1O[C@H](CO)[C@@H](O)[C@H](O)[C@H]1O. The highest BCUT2D eigenvalue weighted by Crippen LogP contribution is 2.82. The van der Waals surface area contributed by atoms with Gasteiger partial charge in [-0.05, 0) is 44.0 Å². The Hall–Kier alpha value is -1.87. The summed E-state index contributed by atoms with van der Waals surface area (Å²) < 4.78 is 37.2. The zero-order valence-electron chi connectivity index (χ0n) is 21.9. The molecule has 5 N–H and O–H groups in total. The number of aromatic hydroxyl groups is 1. The molecule has 8 rings (SSSR count). The van der Waals surface area contributed by atoms with Crippen LogP contribution in [0.4, 0.5) is 0 Å². The Morgan fingerprint density at radius 1 is 1.10 bits per heavy atom. The first kappa shape index (κ1) is 27.3. The lowest BCUT2D eigenvalue weighted by molar-refractivity contribution is -0.430. The van der Waals surface area contributed by atoms with Crippen molar-refractivity contribution in [3.63, 3.8) is 0 Å². The minimum atomic E-state index is -1.61. The molecule has 216 valence electrons. The number of hydrogen-bond acceptors (Lipinski definition) is 12. The van der Waals surface area contributed by atoms with E-state index in [2.05, 4.69) is 6.92 Å². The van der Waals surface area contributed by atoms with Crippen molar-refractivity contribution in [2.75, 3.05) is 19.8 Å². The van der Waals surface area contributed by atoms with Gasteiger partial charge in [0.25, 0.3) is 0 Å². The van der Waals surface area contributed by atoms with Gasteiger partial charge < -0.3 is 54.0 Å². The number of rotatable bonds is 10. The Kier molecular flexibility index (Phi) is 6.53. The van der Waals surface area contributed by atoms with Crippen molar-refractivity contribution < 1.29 is 58.7 Å². The van der Waals surface area contributed by atoms with Crippen molar-refractivity contribution in [2.24, 2.45) is 11.3 Å². The van der Waals surface area contributed by atoms with Crippen LogP contribution in [0.2, 0.25) is 0 Å². The average Bonchev–Trinajstić information content (AvgIpc) is 3.11. The molecule has 7 aliphatic rings. The number of esters is 1. The maximum Gasteiger partial charge on any atom is 0.338 e. The molecule has 39 heavy (non-hydrogen) atoms. The van der Waals surface area contributed by atoms with E-state index in [1.165, 1.54) is 24.3 Å². The first-order valence-electron chi connectivity index (χ1n) is 13.5. The Balaban J connectivity index is 1.32.